The van der Waals surface area contributed by atoms with E-state index in [0.717, 1.165) is 5.39 Å². The zero-order valence-electron chi connectivity index (χ0n) is 9.36. The van der Waals surface area contributed by atoms with Crippen molar-refractivity contribution in [2.24, 2.45) is 5.73 Å². The molecule has 17 heavy (non-hydrogen) atoms. The van der Waals surface area contributed by atoms with Crippen molar-refractivity contribution in [1.29, 1.82) is 0 Å². The summed E-state index contributed by atoms with van der Waals surface area (Å²) in [7, 11) is 1.45. The van der Waals surface area contributed by atoms with Crippen LogP contribution in [0.5, 0.6) is 5.75 Å². The van der Waals surface area contributed by atoms with Crippen LogP contribution < -0.4 is 10.5 Å². The van der Waals surface area contributed by atoms with Crippen molar-refractivity contribution in [3.8, 4) is 5.75 Å². The van der Waals surface area contributed by atoms with E-state index in [-0.39, 0.29) is 0 Å². The highest BCUT2D eigenvalue weighted by molar-refractivity contribution is 5.88. The highest BCUT2D eigenvalue weighted by Gasteiger charge is 2.23. The van der Waals surface area contributed by atoms with Gasteiger partial charge in [-0.05, 0) is 16.8 Å². The maximum Gasteiger partial charge on any atom is 0.257 e. The van der Waals surface area contributed by atoms with Crippen LogP contribution in [0.2, 0.25) is 0 Å². The first kappa shape index (κ1) is 11.8. The number of hydrogen-bond acceptors (Lipinski definition) is 2. The Labute approximate surface area is 98.0 Å². The molecule has 2 N–H and O–H groups in total. The quantitative estimate of drug-likeness (QED) is 0.890. The maximum absolute atomic E-state index is 12.8. The molecule has 0 spiro atoms. The van der Waals surface area contributed by atoms with Crippen LogP contribution in [0.1, 0.15) is 11.6 Å². The monoisotopic (exact) mass is 237 g/mol. The van der Waals surface area contributed by atoms with Crippen molar-refractivity contribution in [1.82, 2.24) is 0 Å². The zero-order chi connectivity index (χ0) is 12.4. The number of alkyl halides is 2. The standard InChI is InChI=1S/C13H13F2NO/c1-17-10-7-6-8-4-2-3-5-9(8)11(10)12(16)13(14)15/h2-7,12-13H,16H2,1H3/t12-/m1/s1. The van der Waals surface area contributed by atoms with E-state index < -0.39 is 12.5 Å². The van der Waals surface area contributed by atoms with Gasteiger partial charge in [0.15, 0.2) is 0 Å². The summed E-state index contributed by atoms with van der Waals surface area (Å²) in [5, 5.41) is 1.58. The number of nitrogens with two attached hydrogens (primary N) is 1. The second-order valence-electron chi connectivity index (χ2n) is 3.76. The summed E-state index contributed by atoms with van der Waals surface area (Å²) in [4.78, 5) is 0. The largest absolute Gasteiger partial charge is 0.496 e. The molecule has 2 nitrogen and oxygen atoms in total. The van der Waals surface area contributed by atoms with Crippen LogP contribution in [-0.2, 0) is 0 Å². The van der Waals surface area contributed by atoms with Gasteiger partial charge in [-0.3, -0.25) is 0 Å². The lowest BCUT2D eigenvalue weighted by Crippen LogP contribution is -2.20. The van der Waals surface area contributed by atoms with Crippen LogP contribution >= 0.6 is 0 Å². The molecule has 0 unspecified atom stereocenters. The third kappa shape index (κ3) is 2.08. The molecule has 0 saturated heterocycles. The molecule has 0 radical (unpaired) electrons. The van der Waals surface area contributed by atoms with Crippen LogP contribution in [0.25, 0.3) is 10.8 Å². The average molecular weight is 237 g/mol. The Balaban J connectivity index is 2.71. The van der Waals surface area contributed by atoms with E-state index in [1.54, 1.807) is 18.2 Å². The van der Waals surface area contributed by atoms with Crippen LogP contribution in [0.3, 0.4) is 0 Å². The highest BCUT2D eigenvalue weighted by Crippen LogP contribution is 2.34. The molecule has 90 valence electrons. The minimum Gasteiger partial charge on any atom is -0.496 e. The molecular weight excluding hydrogens is 224 g/mol. The van der Waals surface area contributed by atoms with Gasteiger partial charge < -0.3 is 10.5 Å². The van der Waals surface area contributed by atoms with Crippen LogP contribution in [0.4, 0.5) is 8.78 Å². The molecule has 2 aromatic carbocycles. The number of halogens is 2. The Morgan fingerprint density at radius 1 is 1.12 bits per heavy atom. The van der Waals surface area contributed by atoms with Crippen molar-refractivity contribution in [2.45, 2.75) is 12.5 Å². The number of ether oxygens (including phenoxy) is 1. The molecule has 4 heteroatoms. The van der Waals surface area contributed by atoms with Crippen molar-refractivity contribution in [2.75, 3.05) is 7.11 Å². The molecule has 0 fully saturated rings. The predicted molar refractivity (Wildman–Crippen MR) is 63.4 cm³/mol. The van der Waals surface area contributed by atoms with Gasteiger partial charge in [0.05, 0.1) is 13.2 Å². The highest BCUT2D eigenvalue weighted by atomic mass is 19.3. The lowest BCUT2D eigenvalue weighted by atomic mass is 9.98. The van der Waals surface area contributed by atoms with Gasteiger partial charge in [-0.2, -0.15) is 0 Å². The number of fused-ring (bicyclic) bond motifs is 1. The fourth-order valence-electron chi connectivity index (χ4n) is 1.92. The first-order valence-corrected chi connectivity index (χ1v) is 5.24. The normalized spacial score (nSPS) is 13.0. The lowest BCUT2D eigenvalue weighted by Gasteiger charge is -2.17. The van der Waals surface area contributed by atoms with Crippen molar-refractivity contribution in [3.05, 3.63) is 42.0 Å². The van der Waals surface area contributed by atoms with Gasteiger partial charge in [0.2, 0.25) is 0 Å². The lowest BCUT2D eigenvalue weighted by molar-refractivity contribution is 0.115. The van der Waals surface area contributed by atoms with Gasteiger partial charge in [-0.25, -0.2) is 8.78 Å². The fraction of sp³-hybridized carbons (Fsp3) is 0.231. The van der Waals surface area contributed by atoms with Gasteiger partial charge >= 0.3 is 0 Å². The Morgan fingerprint density at radius 3 is 2.47 bits per heavy atom. The minimum atomic E-state index is -2.62. The minimum absolute atomic E-state index is 0.362. The SMILES string of the molecule is COc1ccc2ccccc2c1[C@@H](N)C(F)F. The number of rotatable bonds is 3. The van der Waals surface area contributed by atoms with Crippen molar-refractivity contribution < 1.29 is 13.5 Å². The Kier molecular flexibility index (Phi) is 3.24. The smallest absolute Gasteiger partial charge is 0.257 e. The summed E-state index contributed by atoms with van der Waals surface area (Å²) in [6.45, 7) is 0. The molecule has 0 bridgehead atoms. The van der Waals surface area contributed by atoms with E-state index in [2.05, 4.69) is 0 Å². The first-order valence-electron chi connectivity index (χ1n) is 5.24. The number of hydrogen-bond donors (Lipinski definition) is 1. The van der Waals surface area contributed by atoms with E-state index >= 15 is 0 Å². The maximum atomic E-state index is 12.8. The third-order valence-electron chi connectivity index (χ3n) is 2.76. The molecule has 0 aliphatic heterocycles. The zero-order valence-corrected chi connectivity index (χ0v) is 9.36. The summed E-state index contributed by atoms with van der Waals surface area (Å²) in [6, 6.07) is 9.44. The van der Waals surface area contributed by atoms with Crippen LogP contribution in [-0.4, -0.2) is 13.5 Å². The van der Waals surface area contributed by atoms with Gasteiger partial charge in [-0.1, -0.05) is 30.3 Å². The molecule has 2 aromatic rings. The summed E-state index contributed by atoms with van der Waals surface area (Å²) in [6.07, 6.45) is -2.62. The second-order valence-corrected chi connectivity index (χ2v) is 3.76. The Bertz CT molecular complexity index is 528. The van der Waals surface area contributed by atoms with Crippen molar-refractivity contribution >= 4 is 10.8 Å². The molecule has 2 rings (SSSR count). The summed E-state index contributed by atoms with van der Waals surface area (Å²) in [5.74, 6) is 0.400. The van der Waals surface area contributed by atoms with Gasteiger partial charge in [0.25, 0.3) is 6.43 Å². The molecule has 0 aliphatic rings. The number of methoxy groups -OCH3 is 1. The number of benzene rings is 2. The van der Waals surface area contributed by atoms with E-state index in [1.807, 2.05) is 18.2 Å². The summed E-state index contributed by atoms with van der Waals surface area (Å²) in [5.41, 5.74) is 5.91. The third-order valence-corrected chi connectivity index (χ3v) is 2.76. The molecular formula is C13H13F2NO. The first-order chi connectivity index (χ1) is 8.15. The average Bonchev–Trinajstić information content (AvgIpc) is 2.36. The molecule has 0 aromatic heterocycles. The summed E-state index contributed by atoms with van der Waals surface area (Å²) >= 11 is 0. The molecule has 0 amide bonds. The van der Waals surface area contributed by atoms with E-state index in [4.69, 9.17) is 10.5 Å². The van der Waals surface area contributed by atoms with Gasteiger partial charge in [-0.15, -0.1) is 0 Å². The van der Waals surface area contributed by atoms with E-state index in [0.29, 0.717) is 16.7 Å². The summed E-state index contributed by atoms with van der Waals surface area (Å²) < 4.78 is 30.7. The Hall–Kier alpha value is -1.68. The van der Waals surface area contributed by atoms with Crippen LogP contribution in [0.15, 0.2) is 36.4 Å². The van der Waals surface area contributed by atoms with Crippen LogP contribution in [0, 0.1) is 0 Å². The molecule has 0 heterocycles. The van der Waals surface area contributed by atoms with E-state index in [1.165, 1.54) is 7.11 Å². The fourth-order valence-corrected chi connectivity index (χ4v) is 1.92. The molecule has 0 aliphatic carbocycles. The van der Waals surface area contributed by atoms with Crippen molar-refractivity contribution in [3.63, 3.8) is 0 Å². The predicted octanol–water partition coefficient (Wildman–Crippen LogP) is 3.11. The topological polar surface area (TPSA) is 35.2 Å². The Morgan fingerprint density at radius 2 is 1.82 bits per heavy atom. The van der Waals surface area contributed by atoms with Gasteiger partial charge in [0.1, 0.15) is 5.75 Å². The van der Waals surface area contributed by atoms with E-state index in [9.17, 15) is 8.78 Å². The molecule has 1 atom stereocenters. The van der Waals surface area contributed by atoms with Gasteiger partial charge in [0, 0.05) is 5.56 Å². The molecule has 0 saturated carbocycles. The second kappa shape index (κ2) is 4.67.